The maximum Gasteiger partial charge on any atom is 0.154 e. The lowest BCUT2D eigenvalue weighted by atomic mass is 9.99. The third-order valence-corrected chi connectivity index (χ3v) is 11.4. The first-order chi connectivity index (χ1) is 30.2. The van der Waals surface area contributed by atoms with Crippen molar-refractivity contribution in [2.24, 2.45) is 4.99 Å². The molecule has 0 saturated carbocycles. The highest BCUT2D eigenvalue weighted by molar-refractivity contribution is 6.26. The zero-order chi connectivity index (χ0) is 40.7. The zero-order valence-corrected chi connectivity index (χ0v) is 33.1. The Balaban J connectivity index is 1.01. The molecule has 0 aliphatic heterocycles. The van der Waals surface area contributed by atoms with Gasteiger partial charge in [0.15, 0.2) is 11.7 Å². The third kappa shape index (κ3) is 6.44. The number of aliphatic imine (C=N–C) groups is 1. The van der Waals surface area contributed by atoms with Gasteiger partial charge in [0.05, 0.1) is 33.5 Å². The minimum absolute atomic E-state index is 0.140. The van der Waals surface area contributed by atoms with Crippen LogP contribution in [0.4, 0.5) is 0 Å². The van der Waals surface area contributed by atoms with Crippen molar-refractivity contribution in [2.75, 3.05) is 5.43 Å². The summed E-state index contributed by atoms with van der Waals surface area (Å²) in [6.07, 6.45) is 0. The highest BCUT2D eigenvalue weighted by Gasteiger charge is 2.21. The van der Waals surface area contributed by atoms with E-state index in [0.29, 0.717) is 11.4 Å². The fraction of sp³-hybridized carbons (Fsp3) is 0. The average Bonchev–Trinajstić information content (AvgIpc) is 3.85. The van der Waals surface area contributed by atoms with Gasteiger partial charge in [0.2, 0.25) is 0 Å². The van der Waals surface area contributed by atoms with Gasteiger partial charge in [-0.3, -0.25) is 15.5 Å². The second-order valence-corrected chi connectivity index (χ2v) is 15.1. The molecular formula is C55H38N6. The summed E-state index contributed by atoms with van der Waals surface area (Å²) in [7, 11) is 0. The van der Waals surface area contributed by atoms with Crippen molar-refractivity contribution in [3.05, 3.63) is 230 Å². The molecule has 288 valence electrons. The number of fused-ring (bicyclic) bond motifs is 7. The number of benzene rings is 8. The number of pyridine rings is 1. The van der Waals surface area contributed by atoms with Crippen molar-refractivity contribution in [1.29, 1.82) is 5.41 Å². The van der Waals surface area contributed by atoms with Crippen molar-refractivity contribution >= 4 is 55.3 Å². The van der Waals surface area contributed by atoms with Crippen LogP contribution in [-0.4, -0.2) is 25.9 Å². The van der Waals surface area contributed by atoms with Gasteiger partial charge in [-0.05, 0) is 53.6 Å². The summed E-state index contributed by atoms with van der Waals surface area (Å²) in [4.78, 5) is 10.1. The number of hydrogen-bond donors (Lipinski definition) is 2. The second kappa shape index (κ2) is 15.1. The lowest BCUT2D eigenvalue weighted by Gasteiger charge is -2.15. The first-order valence-electron chi connectivity index (χ1n) is 20.4. The number of nitrogens with zero attached hydrogens (tertiary/aromatic N) is 4. The summed E-state index contributed by atoms with van der Waals surface area (Å²) in [5, 5.41) is 14.0. The van der Waals surface area contributed by atoms with E-state index in [9.17, 15) is 5.41 Å². The Morgan fingerprint density at radius 3 is 1.69 bits per heavy atom. The molecule has 11 aromatic rings. The fourth-order valence-corrected chi connectivity index (χ4v) is 8.54. The third-order valence-electron chi connectivity index (χ3n) is 11.4. The van der Waals surface area contributed by atoms with Crippen molar-refractivity contribution in [1.82, 2.24) is 14.2 Å². The van der Waals surface area contributed by atoms with Gasteiger partial charge in [0.1, 0.15) is 0 Å². The molecule has 0 spiro atoms. The average molecular weight is 783 g/mol. The smallest absolute Gasteiger partial charge is 0.154 e. The summed E-state index contributed by atoms with van der Waals surface area (Å²) in [5.41, 5.74) is 16.7. The van der Waals surface area contributed by atoms with E-state index in [2.05, 4.69) is 154 Å². The summed E-state index contributed by atoms with van der Waals surface area (Å²) < 4.78 is 4.50. The number of amidine groups is 2. The molecule has 61 heavy (non-hydrogen) atoms. The summed E-state index contributed by atoms with van der Waals surface area (Å²) in [6, 6.07) is 75.1. The Morgan fingerprint density at radius 2 is 1.00 bits per heavy atom. The Bertz CT molecular complexity index is 3360. The van der Waals surface area contributed by atoms with Crippen LogP contribution in [0.5, 0.6) is 0 Å². The highest BCUT2D eigenvalue weighted by atomic mass is 15.4. The summed E-state index contributed by atoms with van der Waals surface area (Å²) in [6.45, 7) is 0. The monoisotopic (exact) mass is 782 g/mol. The maximum atomic E-state index is 9.37. The standard InChI is InChI=1S/C55H38N6/c56-54(40-31-29-39(30-32-40)48-36-42(37-17-5-1-6-18-37)35-47(57-48)38-19-7-2-8-20-38)58-55(41-21-9-3-10-22-41)59-61-50-28-16-14-26-46(50)52-51(61)34-33-45-44-25-13-15-27-49(44)60(53(45)52)43-23-11-4-12-24-43/h1-36H,(H2,56,58,59). The lowest BCUT2D eigenvalue weighted by Crippen LogP contribution is -2.25. The van der Waals surface area contributed by atoms with Crippen molar-refractivity contribution < 1.29 is 0 Å². The molecule has 0 radical (unpaired) electrons. The van der Waals surface area contributed by atoms with Crippen LogP contribution in [-0.2, 0) is 0 Å². The molecule has 6 nitrogen and oxygen atoms in total. The second-order valence-electron chi connectivity index (χ2n) is 15.1. The molecule has 0 bridgehead atoms. The topological polar surface area (TPSA) is 71.0 Å². The van der Waals surface area contributed by atoms with Gasteiger partial charge >= 0.3 is 0 Å². The zero-order valence-electron chi connectivity index (χ0n) is 33.1. The van der Waals surface area contributed by atoms with Crippen LogP contribution in [0, 0.1) is 5.41 Å². The molecule has 0 aliphatic carbocycles. The minimum Gasteiger partial charge on any atom is -0.309 e. The molecule has 0 aliphatic rings. The first kappa shape index (κ1) is 35.8. The van der Waals surface area contributed by atoms with Gasteiger partial charge in [0.25, 0.3) is 0 Å². The summed E-state index contributed by atoms with van der Waals surface area (Å²) in [5.74, 6) is 0.701. The van der Waals surface area contributed by atoms with Crippen LogP contribution in [0.15, 0.2) is 223 Å². The molecular weight excluding hydrogens is 745 g/mol. The normalized spacial score (nSPS) is 11.8. The van der Waals surface area contributed by atoms with E-state index in [1.807, 2.05) is 78.9 Å². The molecule has 0 saturated heterocycles. The summed E-state index contributed by atoms with van der Waals surface area (Å²) >= 11 is 0. The molecule has 11 rings (SSSR count). The molecule has 3 aromatic heterocycles. The first-order valence-corrected chi connectivity index (χ1v) is 20.4. The van der Waals surface area contributed by atoms with Gasteiger partial charge < -0.3 is 4.57 Å². The number of hydrogen-bond acceptors (Lipinski definition) is 2. The van der Waals surface area contributed by atoms with Crippen LogP contribution in [0.1, 0.15) is 11.1 Å². The SMILES string of the molecule is N=C(/N=C(\Nn1c2ccccc2c2c1ccc1c3ccccc3n(-c3ccccc3)c12)c1ccccc1)c1ccc(-c2cc(-c3ccccc3)cc(-c3ccccc3)n2)cc1. The van der Waals surface area contributed by atoms with E-state index in [0.717, 1.165) is 77.7 Å². The van der Waals surface area contributed by atoms with Gasteiger partial charge in [-0.25, -0.2) is 9.98 Å². The Labute approximate surface area is 352 Å². The Morgan fingerprint density at radius 1 is 0.443 bits per heavy atom. The van der Waals surface area contributed by atoms with Crippen molar-refractivity contribution in [3.8, 4) is 39.3 Å². The number of nitrogens with one attached hydrogen (secondary N) is 2. The van der Waals surface area contributed by atoms with E-state index in [1.165, 1.54) is 10.8 Å². The van der Waals surface area contributed by atoms with Crippen LogP contribution >= 0.6 is 0 Å². The minimum atomic E-state index is 0.140. The predicted octanol–water partition coefficient (Wildman–Crippen LogP) is 13.3. The van der Waals surface area contributed by atoms with Crippen LogP contribution < -0.4 is 5.43 Å². The van der Waals surface area contributed by atoms with Gasteiger partial charge in [-0.15, -0.1) is 0 Å². The van der Waals surface area contributed by atoms with Crippen LogP contribution in [0.25, 0.3) is 82.9 Å². The largest absolute Gasteiger partial charge is 0.309 e. The van der Waals surface area contributed by atoms with E-state index in [4.69, 9.17) is 9.98 Å². The number of rotatable bonds is 7. The molecule has 0 fully saturated rings. The van der Waals surface area contributed by atoms with E-state index in [-0.39, 0.29) is 5.84 Å². The molecule has 0 unspecified atom stereocenters. The van der Waals surface area contributed by atoms with E-state index in [1.54, 1.807) is 0 Å². The maximum absolute atomic E-state index is 9.37. The Hall–Kier alpha value is -8.35. The predicted molar refractivity (Wildman–Crippen MR) is 253 cm³/mol. The van der Waals surface area contributed by atoms with Gasteiger partial charge in [0, 0.05) is 49.5 Å². The molecule has 2 N–H and O–H groups in total. The molecule has 0 atom stereocenters. The molecule has 6 heteroatoms. The quantitative estimate of drug-likeness (QED) is 0.125. The fourth-order valence-electron chi connectivity index (χ4n) is 8.54. The number of para-hydroxylation sites is 3. The van der Waals surface area contributed by atoms with Crippen LogP contribution in [0.2, 0.25) is 0 Å². The molecule has 0 amide bonds. The van der Waals surface area contributed by atoms with Crippen molar-refractivity contribution in [3.63, 3.8) is 0 Å². The van der Waals surface area contributed by atoms with Crippen LogP contribution in [0.3, 0.4) is 0 Å². The highest BCUT2D eigenvalue weighted by Crippen LogP contribution is 2.40. The number of aromatic nitrogens is 3. The van der Waals surface area contributed by atoms with E-state index >= 15 is 0 Å². The van der Waals surface area contributed by atoms with E-state index < -0.39 is 0 Å². The van der Waals surface area contributed by atoms with Gasteiger partial charge in [-0.1, -0.05) is 176 Å². The van der Waals surface area contributed by atoms with Gasteiger partial charge in [-0.2, -0.15) is 0 Å². The Kier molecular flexibility index (Phi) is 8.86. The van der Waals surface area contributed by atoms with Crippen molar-refractivity contribution in [2.45, 2.75) is 0 Å². The lowest BCUT2D eigenvalue weighted by molar-refractivity contribution is 1.08. The molecule has 8 aromatic carbocycles. The molecule has 3 heterocycles.